The van der Waals surface area contributed by atoms with Crippen molar-refractivity contribution in [3.63, 3.8) is 0 Å². The summed E-state index contributed by atoms with van der Waals surface area (Å²) in [5.41, 5.74) is 8.00. The van der Waals surface area contributed by atoms with E-state index in [2.05, 4.69) is 12.2 Å². The molecule has 1 aromatic carbocycles. The van der Waals surface area contributed by atoms with E-state index in [1.807, 2.05) is 18.2 Å². The van der Waals surface area contributed by atoms with Crippen molar-refractivity contribution in [1.82, 2.24) is 0 Å². The maximum Gasteiger partial charge on any atom is 0.120 e. The van der Waals surface area contributed by atoms with Gasteiger partial charge in [0.2, 0.25) is 0 Å². The van der Waals surface area contributed by atoms with Gasteiger partial charge in [0.15, 0.2) is 0 Å². The van der Waals surface area contributed by atoms with Crippen LogP contribution in [0.4, 0.5) is 5.69 Å². The first kappa shape index (κ1) is 12.2. The third kappa shape index (κ3) is 2.88. The van der Waals surface area contributed by atoms with Crippen molar-refractivity contribution in [3.05, 3.63) is 23.8 Å². The molecular formula is C13H18N2OS. The number of nitrogens with one attached hydrogen (secondary N) is 1. The summed E-state index contributed by atoms with van der Waals surface area (Å²) in [7, 11) is 1.65. The van der Waals surface area contributed by atoms with E-state index in [-0.39, 0.29) is 0 Å². The number of ether oxygens (including phenoxy) is 1. The quantitative estimate of drug-likeness (QED) is 0.788. The van der Waals surface area contributed by atoms with Gasteiger partial charge >= 0.3 is 0 Å². The fourth-order valence-electron chi connectivity index (χ4n) is 1.71. The van der Waals surface area contributed by atoms with Crippen LogP contribution in [-0.4, -0.2) is 18.6 Å². The molecule has 0 aromatic heterocycles. The van der Waals surface area contributed by atoms with E-state index < -0.39 is 0 Å². The van der Waals surface area contributed by atoms with Gasteiger partial charge < -0.3 is 15.8 Å². The summed E-state index contributed by atoms with van der Waals surface area (Å²) in [4.78, 5) is 0.413. The Hall–Kier alpha value is -1.29. The van der Waals surface area contributed by atoms with Crippen LogP contribution in [0.2, 0.25) is 0 Å². The second kappa shape index (κ2) is 4.53. The summed E-state index contributed by atoms with van der Waals surface area (Å²) in [6.07, 6.45) is 2.57. The average molecular weight is 250 g/mol. The van der Waals surface area contributed by atoms with Crippen LogP contribution in [0.1, 0.15) is 25.3 Å². The van der Waals surface area contributed by atoms with Crippen molar-refractivity contribution in [3.8, 4) is 5.75 Å². The summed E-state index contributed by atoms with van der Waals surface area (Å²) >= 11 is 5.05. The Kier molecular flexibility index (Phi) is 3.24. The minimum absolute atomic E-state index is 0.413. The molecule has 1 saturated carbocycles. The molecule has 3 N–H and O–H groups in total. The van der Waals surface area contributed by atoms with E-state index in [0.29, 0.717) is 10.4 Å². The van der Waals surface area contributed by atoms with Crippen molar-refractivity contribution in [2.45, 2.75) is 19.8 Å². The molecule has 0 aliphatic heterocycles. The lowest BCUT2D eigenvalue weighted by Gasteiger charge is -2.15. The standard InChI is InChI=1S/C13H18N2OS/c1-13(5-6-13)8-15-11-7-9(16-2)3-4-10(11)12(14)17/h3-4,7,15H,5-6,8H2,1-2H3,(H2,14,17). The normalized spacial score (nSPS) is 16.4. The van der Waals surface area contributed by atoms with Crippen LogP contribution in [-0.2, 0) is 0 Å². The monoisotopic (exact) mass is 250 g/mol. The topological polar surface area (TPSA) is 47.3 Å². The summed E-state index contributed by atoms with van der Waals surface area (Å²) in [6.45, 7) is 3.23. The van der Waals surface area contributed by atoms with E-state index in [9.17, 15) is 0 Å². The molecule has 0 amide bonds. The molecule has 17 heavy (non-hydrogen) atoms. The molecule has 3 nitrogen and oxygen atoms in total. The van der Waals surface area contributed by atoms with Crippen LogP contribution in [0.5, 0.6) is 5.75 Å². The van der Waals surface area contributed by atoms with Gasteiger partial charge in [0.1, 0.15) is 10.7 Å². The predicted octanol–water partition coefficient (Wildman–Crippen LogP) is 2.54. The first-order valence-corrected chi connectivity index (χ1v) is 6.17. The first-order chi connectivity index (χ1) is 8.04. The molecule has 1 aliphatic carbocycles. The second-order valence-corrected chi connectivity index (χ2v) is 5.38. The highest BCUT2D eigenvalue weighted by Gasteiger charge is 2.36. The lowest BCUT2D eigenvalue weighted by molar-refractivity contribution is 0.415. The zero-order chi connectivity index (χ0) is 12.5. The number of thiocarbonyl (C=S) groups is 1. The Morgan fingerprint density at radius 1 is 1.53 bits per heavy atom. The molecule has 0 spiro atoms. The van der Waals surface area contributed by atoms with Crippen molar-refractivity contribution in [1.29, 1.82) is 0 Å². The number of hydrogen-bond donors (Lipinski definition) is 2. The van der Waals surface area contributed by atoms with E-state index in [0.717, 1.165) is 23.5 Å². The number of hydrogen-bond acceptors (Lipinski definition) is 3. The molecule has 0 bridgehead atoms. The summed E-state index contributed by atoms with van der Waals surface area (Å²) in [5.74, 6) is 0.813. The Labute approximate surface area is 107 Å². The van der Waals surface area contributed by atoms with Crippen LogP contribution in [0.15, 0.2) is 18.2 Å². The zero-order valence-electron chi connectivity index (χ0n) is 10.2. The van der Waals surface area contributed by atoms with Gasteiger partial charge in [-0.05, 0) is 30.4 Å². The summed E-state index contributed by atoms with van der Waals surface area (Å²) in [6, 6.07) is 5.72. The average Bonchev–Trinajstić information content (AvgIpc) is 3.04. The van der Waals surface area contributed by atoms with Gasteiger partial charge in [-0.1, -0.05) is 19.1 Å². The van der Waals surface area contributed by atoms with Crippen LogP contribution in [0.3, 0.4) is 0 Å². The number of benzene rings is 1. The van der Waals surface area contributed by atoms with Gasteiger partial charge in [-0.25, -0.2) is 0 Å². The van der Waals surface area contributed by atoms with Crippen LogP contribution >= 0.6 is 12.2 Å². The Morgan fingerprint density at radius 2 is 2.24 bits per heavy atom. The molecule has 1 aliphatic rings. The largest absolute Gasteiger partial charge is 0.497 e. The lowest BCUT2D eigenvalue weighted by Crippen LogP contribution is -2.17. The van der Waals surface area contributed by atoms with Crippen LogP contribution in [0, 0.1) is 5.41 Å². The summed E-state index contributed by atoms with van der Waals surface area (Å²) in [5, 5.41) is 3.42. The minimum Gasteiger partial charge on any atom is -0.497 e. The Balaban J connectivity index is 2.18. The van der Waals surface area contributed by atoms with Gasteiger partial charge in [0.05, 0.1) is 7.11 Å². The molecule has 0 unspecified atom stereocenters. The maximum atomic E-state index is 5.71. The molecule has 0 atom stereocenters. The third-order valence-electron chi connectivity index (χ3n) is 3.30. The molecule has 2 rings (SSSR count). The van der Waals surface area contributed by atoms with Gasteiger partial charge in [-0.15, -0.1) is 0 Å². The van der Waals surface area contributed by atoms with Gasteiger partial charge in [0.25, 0.3) is 0 Å². The van der Waals surface area contributed by atoms with Gasteiger partial charge in [-0.3, -0.25) is 0 Å². The van der Waals surface area contributed by atoms with E-state index in [1.54, 1.807) is 7.11 Å². The highest BCUT2D eigenvalue weighted by molar-refractivity contribution is 7.80. The zero-order valence-corrected chi connectivity index (χ0v) is 11.1. The molecule has 0 saturated heterocycles. The summed E-state index contributed by atoms with van der Waals surface area (Å²) < 4.78 is 5.21. The first-order valence-electron chi connectivity index (χ1n) is 5.76. The lowest BCUT2D eigenvalue weighted by atomic mass is 10.1. The number of rotatable bonds is 5. The molecule has 0 heterocycles. The Bertz CT molecular complexity index is 441. The highest BCUT2D eigenvalue weighted by Crippen LogP contribution is 2.45. The second-order valence-electron chi connectivity index (χ2n) is 4.94. The predicted molar refractivity (Wildman–Crippen MR) is 74.7 cm³/mol. The van der Waals surface area contributed by atoms with E-state index in [1.165, 1.54) is 12.8 Å². The number of methoxy groups -OCH3 is 1. The number of nitrogens with two attached hydrogens (primary N) is 1. The van der Waals surface area contributed by atoms with Gasteiger partial charge in [0, 0.05) is 23.9 Å². The van der Waals surface area contributed by atoms with Crippen LogP contribution < -0.4 is 15.8 Å². The fourth-order valence-corrected chi connectivity index (χ4v) is 1.89. The molecule has 4 heteroatoms. The molecular weight excluding hydrogens is 232 g/mol. The van der Waals surface area contributed by atoms with Crippen LogP contribution in [0.25, 0.3) is 0 Å². The smallest absolute Gasteiger partial charge is 0.120 e. The molecule has 0 radical (unpaired) electrons. The van der Waals surface area contributed by atoms with E-state index >= 15 is 0 Å². The van der Waals surface area contributed by atoms with Gasteiger partial charge in [-0.2, -0.15) is 0 Å². The van der Waals surface area contributed by atoms with E-state index in [4.69, 9.17) is 22.7 Å². The fraction of sp³-hybridized carbons (Fsp3) is 0.462. The third-order valence-corrected chi connectivity index (χ3v) is 3.52. The Morgan fingerprint density at radius 3 is 2.76 bits per heavy atom. The number of anilines is 1. The SMILES string of the molecule is COc1ccc(C(N)=S)c(NCC2(C)CC2)c1. The minimum atomic E-state index is 0.413. The van der Waals surface area contributed by atoms with Crippen molar-refractivity contribution >= 4 is 22.9 Å². The van der Waals surface area contributed by atoms with Crippen molar-refractivity contribution < 1.29 is 4.74 Å². The molecule has 1 fully saturated rings. The van der Waals surface area contributed by atoms with Crippen molar-refractivity contribution in [2.75, 3.05) is 19.0 Å². The highest BCUT2D eigenvalue weighted by atomic mass is 32.1. The maximum absolute atomic E-state index is 5.71. The molecule has 92 valence electrons. The molecule has 1 aromatic rings. The van der Waals surface area contributed by atoms with Crippen molar-refractivity contribution in [2.24, 2.45) is 11.1 Å².